The van der Waals surface area contributed by atoms with E-state index in [1.807, 2.05) is 59.8 Å². The fourth-order valence-electron chi connectivity index (χ4n) is 1.60. The second-order valence-electron chi connectivity index (χ2n) is 4.19. The summed E-state index contributed by atoms with van der Waals surface area (Å²) in [6, 6.07) is 16.3. The van der Waals surface area contributed by atoms with Gasteiger partial charge in [-0.05, 0) is 47.2 Å². The molecule has 0 N–H and O–H groups in total. The molecule has 0 aliphatic heterocycles. The van der Waals surface area contributed by atoms with Gasteiger partial charge in [-0.3, -0.25) is 0 Å². The molecule has 2 rings (SSSR count). The molecule has 0 aromatic heterocycles. The fraction of sp³-hybridized carbons (Fsp3) is 0.0667. The van der Waals surface area contributed by atoms with Crippen molar-refractivity contribution >= 4 is 36.0 Å². The summed E-state index contributed by atoms with van der Waals surface area (Å²) in [6.07, 6.45) is 0. The van der Waals surface area contributed by atoms with Gasteiger partial charge in [0.25, 0.3) is 0 Å². The molecule has 0 saturated heterocycles. The molecule has 0 fully saturated rings. The van der Waals surface area contributed by atoms with E-state index >= 15 is 0 Å². The van der Waals surface area contributed by atoms with E-state index in [0.717, 1.165) is 11.1 Å². The molecule has 0 saturated carbocycles. The van der Waals surface area contributed by atoms with Crippen molar-refractivity contribution in [3.8, 4) is 0 Å². The van der Waals surface area contributed by atoms with E-state index < -0.39 is 9.84 Å². The SMILES string of the molecule is Cc1ccc(S(=O)(=O)/C=C(\I)c2ccccc2)cc1. The molecule has 19 heavy (non-hydrogen) atoms. The zero-order valence-corrected chi connectivity index (χ0v) is 13.4. The Labute approximate surface area is 127 Å². The maximum Gasteiger partial charge on any atom is 0.200 e. The van der Waals surface area contributed by atoms with Gasteiger partial charge in [0.2, 0.25) is 9.84 Å². The molecule has 2 aromatic carbocycles. The number of aryl methyl sites for hydroxylation is 1. The van der Waals surface area contributed by atoms with Gasteiger partial charge in [0.15, 0.2) is 0 Å². The van der Waals surface area contributed by atoms with E-state index in [9.17, 15) is 8.42 Å². The first kappa shape index (κ1) is 14.3. The van der Waals surface area contributed by atoms with Crippen LogP contribution in [-0.4, -0.2) is 8.42 Å². The van der Waals surface area contributed by atoms with Crippen LogP contribution >= 0.6 is 22.6 Å². The average molecular weight is 384 g/mol. The van der Waals surface area contributed by atoms with Crippen LogP contribution in [0.25, 0.3) is 3.58 Å². The Morgan fingerprint density at radius 1 is 1.00 bits per heavy atom. The van der Waals surface area contributed by atoms with Crippen molar-refractivity contribution < 1.29 is 8.42 Å². The van der Waals surface area contributed by atoms with Crippen molar-refractivity contribution in [1.82, 2.24) is 0 Å². The Kier molecular flexibility index (Phi) is 4.42. The van der Waals surface area contributed by atoms with Crippen LogP contribution in [-0.2, 0) is 9.84 Å². The molecule has 0 unspecified atom stereocenters. The van der Waals surface area contributed by atoms with Crippen molar-refractivity contribution in [1.29, 1.82) is 0 Å². The number of halogens is 1. The highest BCUT2D eigenvalue weighted by atomic mass is 127. The Bertz CT molecular complexity index is 687. The minimum Gasteiger partial charge on any atom is -0.219 e. The molecule has 98 valence electrons. The summed E-state index contributed by atoms with van der Waals surface area (Å²) >= 11 is 2.05. The molecule has 2 aromatic rings. The molecule has 0 heterocycles. The number of hydrogen-bond donors (Lipinski definition) is 0. The van der Waals surface area contributed by atoms with Gasteiger partial charge in [-0.25, -0.2) is 8.42 Å². The predicted molar refractivity (Wildman–Crippen MR) is 86.8 cm³/mol. The zero-order chi connectivity index (χ0) is 13.9. The standard InChI is InChI=1S/C15H13IO2S/c1-12-7-9-14(10-8-12)19(17,18)11-15(16)13-5-3-2-4-6-13/h2-11H,1H3/b15-11-. The predicted octanol–water partition coefficient (Wildman–Crippen LogP) is 4.20. The number of rotatable bonds is 3. The summed E-state index contributed by atoms with van der Waals surface area (Å²) in [4.78, 5) is 0.322. The summed E-state index contributed by atoms with van der Waals surface area (Å²) in [6.45, 7) is 1.93. The van der Waals surface area contributed by atoms with E-state index in [1.54, 1.807) is 24.3 Å². The van der Waals surface area contributed by atoms with Crippen LogP contribution in [0.1, 0.15) is 11.1 Å². The topological polar surface area (TPSA) is 34.1 Å². The van der Waals surface area contributed by atoms with E-state index in [0.29, 0.717) is 8.48 Å². The number of benzene rings is 2. The summed E-state index contributed by atoms with van der Waals surface area (Å²) in [5, 5.41) is 1.31. The minimum absolute atomic E-state index is 0.322. The Hall–Kier alpha value is -1.14. The molecule has 0 radical (unpaired) electrons. The van der Waals surface area contributed by atoms with Gasteiger partial charge in [-0.15, -0.1) is 0 Å². The summed E-state index contributed by atoms with van der Waals surface area (Å²) in [7, 11) is -3.39. The van der Waals surface area contributed by atoms with Crippen LogP contribution in [0.2, 0.25) is 0 Å². The third kappa shape index (κ3) is 3.67. The molecule has 0 aliphatic rings. The second-order valence-corrected chi connectivity index (χ2v) is 7.15. The lowest BCUT2D eigenvalue weighted by Crippen LogP contribution is -1.96. The lowest BCUT2D eigenvalue weighted by atomic mass is 10.2. The first-order chi connectivity index (χ1) is 8.99. The van der Waals surface area contributed by atoms with Crippen LogP contribution in [0.4, 0.5) is 0 Å². The summed E-state index contributed by atoms with van der Waals surface area (Å²) in [5.74, 6) is 0. The zero-order valence-electron chi connectivity index (χ0n) is 10.4. The molecule has 0 aliphatic carbocycles. The van der Waals surface area contributed by atoms with Crippen LogP contribution in [0.5, 0.6) is 0 Å². The monoisotopic (exact) mass is 384 g/mol. The molecular weight excluding hydrogens is 371 g/mol. The van der Waals surface area contributed by atoms with Gasteiger partial charge in [-0.2, -0.15) is 0 Å². The number of sulfone groups is 1. The second kappa shape index (κ2) is 5.88. The lowest BCUT2D eigenvalue weighted by molar-refractivity contribution is 0.605. The van der Waals surface area contributed by atoms with Crippen LogP contribution in [0.15, 0.2) is 64.9 Å². The van der Waals surface area contributed by atoms with E-state index in [4.69, 9.17) is 0 Å². The number of hydrogen-bond acceptors (Lipinski definition) is 2. The molecule has 2 nitrogen and oxygen atoms in total. The Morgan fingerprint density at radius 2 is 1.58 bits per heavy atom. The largest absolute Gasteiger partial charge is 0.219 e. The van der Waals surface area contributed by atoms with Crippen molar-refractivity contribution in [2.45, 2.75) is 11.8 Å². The molecule has 0 bridgehead atoms. The van der Waals surface area contributed by atoms with Crippen LogP contribution < -0.4 is 0 Å². The average Bonchev–Trinajstić information content (AvgIpc) is 2.40. The molecule has 0 amide bonds. The fourth-order valence-corrected chi connectivity index (χ4v) is 4.02. The van der Waals surface area contributed by atoms with Gasteiger partial charge in [-0.1, -0.05) is 48.0 Å². The van der Waals surface area contributed by atoms with Gasteiger partial charge < -0.3 is 0 Å². The van der Waals surface area contributed by atoms with Crippen LogP contribution in [0, 0.1) is 6.92 Å². The van der Waals surface area contributed by atoms with Crippen LogP contribution in [0.3, 0.4) is 0 Å². The van der Waals surface area contributed by atoms with E-state index in [-0.39, 0.29) is 0 Å². The minimum atomic E-state index is -3.39. The van der Waals surface area contributed by atoms with Crippen molar-refractivity contribution in [3.05, 3.63) is 71.1 Å². The molecule has 0 atom stereocenters. The van der Waals surface area contributed by atoms with Crippen molar-refractivity contribution in [3.63, 3.8) is 0 Å². The molecular formula is C15H13IO2S. The quantitative estimate of drug-likeness (QED) is 0.744. The highest BCUT2D eigenvalue weighted by Crippen LogP contribution is 2.25. The smallest absolute Gasteiger partial charge is 0.200 e. The molecule has 4 heteroatoms. The van der Waals surface area contributed by atoms with Gasteiger partial charge >= 0.3 is 0 Å². The highest BCUT2D eigenvalue weighted by Gasteiger charge is 2.12. The highest BCUT2D eigenvalue weighted by molar-refractivity contribution is 14.1. The van der Waals surface area contributed by atoms with E-state index in [2.05, 4.69) is 0 Å². The van der Waals surface area contributed by atoms with Gasteiger partial charge in [0.05, 0.1) is 4.90 Å². The summed E-state index contributed by atoms with van der Waals surface area (Å²) in [5.41, 5.74) is 1.94. The van der Waals surface area contributed by atoms with Crippen molar-refractivity contribution in [2.75, 3.05) is 0 Å². The Balaban J connectivity index is 2.39. The van der Waals surface area contributed by atoms with Gasteiger partial charge in [0, 0.05) is 8.99 Å². The molecule has 0 spiro atoms. The van der Waals surface area contributed by atoms with E-state index in [1.165, 1.54) is 5.41 Å². The normalized spacial score (nSPS) is 12.4. The third-order valence-electron chi connectivity index (χ3n) is 2.66. The maximum atomic E-state index is 12.2. The van der Waals surface area contributed by atoms with Gasteiger partial charge in [0.1, 0.15) is 0 Å². The summed E-state index contributed by atoms with van der Waals surface area (Å²) < 4.78 is 25.2. The Morgan fingerprint density at radius 3 is 2.16 bits per heavy atom. The lowest BCUT2D eigenvalue weighted by Gasteiger charge is -2.02. The first-order valence-corrected chi connectivity index (χ1v) is 8.36. The maximum absolute atomic E-state index is 12.2. The first-order valence-electron chi connectivity index (χ1n) is 5.73. The van der Waals surface area contributed by atoms with Crippen molar-refractivity contribution in [2.24, 2.45) is 0 Å². The third-order valence-corrected chi connectivity index (χ3v) is 5.49.